The van der Waals surface area contributed by atoms with Gasteiger partial charge >= 0.3 is 0 Å². The van der Waals surface area contributed by atoms with Gasteiger partial charge in [0.25, 0.3) is 0 Å². The van der Waals surface area contributed by atoms with E-state index in [1.165, 1.54) is 40.7 Å². The van der Waals surface area contributed by atoms with Gasteiger partial charge in [-0.2, -0.15) is 4.31 Å². The number of hydrogen-bond donors (Lipinski definition) is 0. The van der Waals surface area contributed by atoms with Crippen LogP contribution in [0.3, 0.4) is 0 Å². The second kappa shape index (κ2) is 7.19. The van der Waals surface area contributed by atoms with Crippen molar-refractivity contribution in [3.05, 3.63) is 71.3 Å². The van der Waals surface area contributed by atoms with Crippen molar-refractivity contribution >= 4 is 10.0 Å². The van der Waals surface area contributed by atoms with Crippen LogP contribution in [-0.2, 0) is 20.5 Å². The largest absolute Gasteiger partial charge is 0.368 e. The van der Waals surface area contributed by atoms with E-state index in [9.17, 15) is 17.2 Å². The minimum Gasteiger partial charge on any atom is -0.368 e. The predicted molar refractivity (Wildman–Crippen MR) is 90.3 cm³/mol. The third-order valence-electron chi connectivity index (χ3n) is 4.12. The molecule has 0 radical (unpaired) electrons. The maximum absolute atomic E-state index is 13.1. The summed E-state index contributed by atoms with van der Waals surface area (Å²) in [5.41, 5.74) is 1.26. The van der Waals surface area contributed by atoms with E-state index in [1.807, 2.05) is 0 Å². The molecule has 0 aromatic heterocycles. The molecule has 1 heterocycles. The molecule has 1 saturated heterocycles. The molecule has 3 rings (SSSR count). The molecular weight excluding hydrogens is 348 g/mol. The van der Waals surface area contributed by atoms with Crippen LogP contribution in [0.2, 0.25) is 0 Å². The minimum atomic E-state index is -3.57. The van der Waals surface area contributed by atoms with E-state index in [2.05, 4.69) is 0 Å². The van der Waals surface area contributed by atoms with Gasteiger partial charge < -0.3 is 4.74 Å². The zero-order chi connectivity index (χ0) is 18.0. The van der Waals surface area contributed by atoms with Crippen molar-refractivity contribution in [1.82, 2.24) is 4.31 Å². The Bertz CT molecular complexity index is 822. The molecule has 0 aliphatic carbocycles. The summed E-state index contributed by atoms with van der Waals surface area (Å²) >= 11 is 0. The lowest BCUT2D eigenvalue weighted by Gasteiger charge is -2.36. The first-order valence-corrected chi connectivity index (χ1v) is 9.57. The number of benzene rings is 2. The Kier molecular flexibility index (Phi) is 5.17. The quantitative estimate of drug-likeness (QED) is 0.833. The lowest BCUT2D eigenvalue weighted by Crippen LogP contribution is -2.46. The van der Waals surface area contributed by atoms with Gasteiger partial charge in [-0.1, -0.05) is 24.3 Å². The van der Waals surface area contributed by atoms with Gasteiger partial charge in [-0.05, 0) is 42.3 Å². The van der Waals surface area contributed by atoms with Gasteiger partial charge in [0.2, 0.25) is 10.0 Å². The van der Waals surface area contributed by atoms with Gasteiger partial charge in [0, 0.05) is 13.1 Å². The summed E-state index contributed by atoms with van der Waals surface area (Å²) in [7, 11) is -3.57. The topological polar surface area (TPSA) is 46.6 Å². The number of sulfonamides is 1. The standard InChI is InChI=1S/C18H19F2NO3S/c1-13-10-21(11-18(24-13)15-4-8-17(20)9-5-15)25(22,23)12-14-2-6-16(19)7-3-14/h2-9,13,18H,10-12H2,1H3. The summed E-state index contributed by atoms with van der Waals surface area (Å²) < 4.78 is 58.8. The van der Waals surface area contributed by atoms with Gasteiger partial charge in [0.15, 0.2) is 0 Å². The van der Waals surface area contributed by atoms with E-state index < -0.39 is 21.9 Å². The summed E-state index contributed by atoms with van der Waals surface area (Å²) in [6.45, 7) is 2.22. The molecule has 2 atom stereocenters. The highest BCUT2D eigenvalue weighted by Crippen LogP contribution is 2.28. The molecule has 1 aliphatic rings. The van der Waals surface area contributed by atoms with E-state index >= 15 is 0 Å². The number of hydrogen-bond acceptors (Lipinski definition) is 3. The molecule has 0 bridgehead atoms. The Labute approximate surface area is 146 Å². The minimum absolute atomic E-state index is 0.166. The molecule has 2 aromatic rings. The Hall–Kier alpha value is -1.83. The number of ether oxygens (including phenoxy) is 1. The average molecular weight is 367 g/mol. The molecule has 0 saturated carbocycles. The van der Waals surface area contributed by atoms with Crippen LogP contribution in [0.25, 0.3) is 0 Å². The monoisotopic (exact) mass is 367 g/mol. The number of rotatable bonds is 4. The van der Waals surface area contributed by atoms with Crippen molar-refractivity contribution in [2.75, 3.05) is 13.1 Å². The SMILES string of the molecule is CC1CN(S(=O)(=O)Cc2ccc(F)cc2)CC(c2ccc(F)cc2)O1. The van der Waals surface area contributed by atoms with Gasteiger partial charge in [-0.15, -0.1) is 0 Å². The van der Waals surface area contributed by atoms with Crippen molar-refractivity contribution < 1.29 is 21.9 Å². The molecule has 134 valence electrons. The molecular formula is C18H19F2NO3S. The summed E-state index contributed by atoms with van der Waals surface area (Å²) in [6.07, 6.45) is -0.737. The zero-order valence-electron chi connectivity index (χ0n) is 13.7. The number of nitrogens with zero attached hydrogens (tertiary/aromatic N) is 1. The summed E-state index contributed by atoms with van der Waals surface area (Å²) in [6, 6.07) is 11.3. The Morgan fingerprint density at radius 3 is 2.16 bits per heavy atom. The van der Waals surface area contributed by atoms with Crippen LogP contribution < -0.4 is 0 Å². The molecule has 25 heavy (non-hydrogen) atoms. The summed E-state index contributed by atoms with van der Waals surface area (Å²) in [4.78, 5) is 0. The summed E-state index contributed by atoms with van der Waals surface area (Å²) in [5, 5.41) is 0. The van der Waals surface area contributed by atoms with Crippen LogP contribution in [0.1, 0.15) is 24.2 Å². The molecule has 0 spiro atoms. The van der Waals surface area contributed by atoms with E-state index in [1.54, 1.807) is 19.1 Å². The third-order valence-corrected chi connectivity index (χ3v) is 5.91. The molecule has 1 fully saturated rings. The fraction of sp³-hybridized carbons (Fsp3) is 0.333. The van der Waals surface area contributed by atoms with Crippen molar-refractivity contribution in [1.29, 1.82) is 0 Å². The van der Waals surface area contributed by atoms with E-state index in [4.69, 9.17) is 4.74 Å². The van der Waals surface area contributed by atoms with Crippen molar-refractivity contribution in [3.8, 4) is 0 Å². The van der Waals surface area contributed by atoms with Gasteiger partial charge in [0.1, 0.15) is 11.6 Å². The fourth-order valence-corrected chi connectivity index (χ4v) is 4.48. The molecule has 0 amide bonds. The van der Waals surface area contributed by atoms with Gasteiger partial charge in [0.05, 0.1) is 18.0 Å². The van der Waals surface area contributed by atoms with Crippen molar-refractivity contribution in [2.45, 2.75) is 24.9 Å². The van der Waals surface area contributed by atoms with Crippen molar-refractivity contribution in [2.24, 2.45) is 0 Å². The zero-order valence-corrected chi connectivity index (χ0v) is 14.5. The predicted octanol–water partition coefficient (Wildman–Crippen LogP) is 3.26. The van der Waals surface area contributed by atoms with Crippen LogP contribution in [0.15, 0.2) is 48.5 Å². The van der Waals surface area contributed by atoms with Crippen LogP contribution in [0.5, 0.6) is 0 Å². The molecule has 2 aromatic carbocycles. The van der Waals surface area contributed by atoms with Gasteiger partial charge in [-0.3, -0.25) is 0 Å². The van der Waals surface area contributed by atoms with E-state index in [0.717, 1.165) is 5.56 Å². The number of morpholine rings is 1. The van der Waals surface area contributed by atoms with E-state index in [-0.39, 0.29) is 30.8 Å². The highest BCUT2D eigenvalue weighted by Gasteiger charge is 2.33. The normalized spacial score (nSPS) is 22.0. The Morgan fingerprint density at radius 1 is 1.00 bits per heavy atom. The molecule has 1 aliphatic heterocycles. The second-order valence-corrected chi connectivity index (χ2v) is 8.16. The average Bonchev–Trinajstić information content (AvgIpc) is 2.57. The fourth-order valence-electron chi connectivity index (χ4n) is 2.88. The summed E-state index contributed by atoms with van der Waals surface area (Å²) in [5.74, 6) is -0.957. The first-order chi connectivity index (χ1) is 11.8. The van der Waals surface area contributed by atoms with Crippen LogP contribution >= 0.6 is 0 Å². The Balaban J connectivity index is 1.78. The van der Waals surface area contributed by atoms with Crippen LogP contribution in [0, 0.1) is 11.6 Å². The first kappa shape index (κ1) is 18.0. The highest BCUT2D eigenvalue weighted by molar-refractivity contribution is 7.88. The smallest absolute Gasteiger partial charge is 0.218 e. The third kappa shape index (κ3) is 4.42. The first-order valence-electron chi connectivity index (χ1n) is 7.97. The Morgan fingerprint density at radius 2 is 1.56 bits per heavy atom. The molecule has 0 N–H and O–H groups in total. The maximum atomic E-state index is 13.1. The lowest BCUT2D eigenvalue weighted by molar-refractivity contribution is -0.0557. The van der Waals surface area contributed by atoms with E-state index in [0.29, 0.717) is 5.56 Å². The van der Waals surface area contributed by atoms with Gasteiger partial charge in [-0.25, -0.2) is 17.2 Å². The van der Waals surface area contributed by atoms with Crippen LogP contribution in [-0.4, -0.2) is 31.9 Å². The molecule has 2 unspecified atom stereocenters. The maximum Gasteiger partial charge on any atom is 0.218 e. The number of halogens is 2. The highest BCUT2D eigenvalue weighted by atomic mass is 32.2. The van der Waals surface area contributed by atoms with Crippen LogP contribution in [0.4, 0.5) is 8.78 Å². The van der Waals surface area contributed by atoms with Crippen molar-refractivity contribution in [3.63, 3.8) is 0 Å². The molecule has 4 nitrogen and oxygen atoms in total. The second-order valence-electron chi connectivity index (χ2n) is 6.19. The lowest BCUT2D eigenvalue weighted by atomic mass is 10.1. The molecule has 7 heteroatoms.